The minimum atomic E-state index is -0.482. The molecule has 0 unspecified atom stereocenters. The van der Waals surface area contributed by atoms with Crippen molar-refractivity contribution >= 4 is 27.2 Å². The fourth-order valence-corrected chi connectivity index (χ4v) is 2.43. The van der Waals surface area contributed by atoms with Crippen molar-refractivity contribution in [1.82, 2.24) is 4.98 Å². The first-order valence-corrected chi connectivity index (χ1v) is 6.17. The van der Waals surface area contributed by atoms with Crippen LogP contribution in [0.15, 0.2) is 41.9 Å². The van der Waals surface area contributed by atoms with E-state index in [4.69, 9.17) is 10.5 Å². The lowest BCUT2D eigenvalue weighted by molar-refractivity contribution is 0.483. The lowest BCUT2D eigenvalue weighted by Crippen LogP contribution is -1.91. The summed E-state index contributed by atoms with van der Waals surface area (Å²) < 4.78 is 19.9. The summed E-state index contributed by atoms with van der Waals surface area (Å²) in [5.74, 6) is 0.603. The van der Waals surface area contributed by atoms with E-state index in [0.717, 1.165) is 10.2 Å². The Kier molecular flexibility index (Phi) is 2.60. The van der Waals surface area contributed by atoms with Gasteiger partial charge in [-0.05, 0) is 23.6 Å². The van der Waals surface area contributed by atoms with Gasteiger partial charge in [-0.15, -0.1) is 11.3 Å². The molecule has 0 atom stereocenters. The molecule has 0 saturated heterocycles. The van der Waals surface area contributed by atoms with E-state index < -0.39 is 5.82 Å². The standard InChI is InChI=1S/C13H9FN2OS/c14-9-7-8(1-2-10(9)15)17-12-3-5-16-11-4-6-18-13(11)12/h1-7H,15H2. The number of fused-ring (bicyclic) bond motifs is 1. The van der Waals surface area contributed by atoms with Gasteiger partial charge in [-0.1, -0.05) is 0 Å². The van der Waals surface area contributed by atoms with Crippen LogP contribution in [-0.2, 0) is 0 Å². The van der Waals surface area contributed by atoms with Crippen LogP contribution in [0.25, 0.3) is 10.2 Å². The van der Waals surface area contributed by atoms with Gasteiger partial charge in [0.05, 0.1) is 15.9 Å². The number of benzene rings is 1. The number of aromatic nitrogens is 1. The number of ether oxygens (including phenoxy) is 1. The van der Waals surface area contributed by atoms with Crippen molar-refractivity contribution in [3.05, 3.63) is 47.7 Å². The smallest absolute Gasteiger partial charge is 0.149 e. The second-order valence-electron chi connectivity index (χ2n) is 3.73. The molecular weight excluding hydrogens is 251 g/mol. The predicted octanol–water partition coefficient (Wildman–Crippen LogP) is 3.81. The van der Waals surface area contributed by atoms with E-state index in [1.54, 1.807) is 18.3 Å². The van der Waals surface area contributed by atoms with Crippen LogP contribution in [0, 0.1) is 5.82 Å². The van der Waals surface area contributed by atoms with Crippen LogP contribution in [0.4, 0.5) is 10.1 Å². The van der Waals surface area contributed by atoms with E-state index >= 15 is 0 Å². The number of anilines is 1. The normalized spacial score (nSPS) is 10.7. The number of pyridine rings is 1. The summed E-state index contributed by atoms with van der Waals surface area (Å²) in [5.41, 5.74) is 6.40. The molecular formula is C13H9FN2OS. The van der Waals surface area contributed by atoms with Gasteiger partial charge < -0.3 is 10.5 Å². The molecule has 2 aromatic heterocycles. The predicted molar refractivity (Wildman–Crippen MR) is 70.5 cm³/mol. The van der Waals surface area contributed by atoms with Crippen LogP contribution >= 0.6 is 11.3 Å². The van der Waals surface area contributed by atoms with Crippen LogP contribution in [0.3, 0.4) is 0 Å². The molecule has 5 heteroatoms. The summed E-state index contributed by atoms with van der Waals surface area (Å²) in [6.45, 7) is 0. The van der Waals surface area contributed by atoms with Crippen molar-refractivity contribution in [1.29, 1.82) is 0 Å². The lowest BCUT2D eigenvalue weighted by Gasteiger charge is -2.07. The van der Waals surface area contributed by atoms with Crippen molar-refractivity contribution in [3.63, 3.8) is 0 Å². The number of nitrogens with zero attached hydrogens (tertiary/aromatic N) is 1. The maximum Gasteiger partial charge on any atom is 0.149 e. The van der Waals surface area contributed by atoms with Gasteiger partial charge in [0.15, 0.2) is 0 Å². The van der Waals surface area contributed by atoms with Crippen molar-refractivity contribution in [2.45, 2.75) is 0 Å². The van der Waals surface area contributed by atoms with Gasteiger partial charge in [0.25, 0.3) is 0 Å². The summed E-state index contributed by atoms with van der Waals surface area (Å²) in [7, 11) is 0. The second-order valence-corrected chi connectivity index (χ2v) is 4.65. The Hall–Kier alpha value is -2.14. The zero-order valence-electron chi connectivity index (χ0n) is 9.26. The molecule has 0 aliphatic carbocycles. The van der Waals surface area contributed by atoms with Crippen molar-refractivity contribution in [2.24, 2.45) is 0 Å². The number of hydrogen-bond donors (Lipinski definition) is 1. The molecule has 3 nitrogen and oxygen atoms in total. The highest BCUT2D eigenvalue weighted by Gasteiger charge is 2.07. The third-order valence-corrected chi connectivity index (χ3v) is 3.43. The maximum atomic E-state index is 13.3. The summed E-state index contributed by atoms with van der Waals surface area (Å²) in [6, 6.07) is 8.06. The highest BCUT2D eigenvalue weighted by Crippen LogP contribution is 2.32. The molecule has 0 bridgehead atoms. The molecule has 1 aromatic carbocycles. The molecule has 0 amide bonds. The first kappa shape index (κ1) is 11.0. The Balaban J connectivity index is 2.01. The number of nitrogen functional groups attached to an aromatic ring is 1. The summed E-state index contributed by atoms with van der Waals surface area (Å²) in [6.07, 6.45) is 1.66. The number of hydrogen-bond acceptors (Lipinski definition) is 4. The minimum Gasteiger partial charge on any atom is -0.456 e. The summed E-state index contributed by atoms with van der Waals surface area (Å²) >= 11 is 1.53. The van der Waals surface area contributed by atoms with Crippen LogP contribution in [0.1, 0.15) is 0 Å². The Bertz CT molecular complexity index is 711. The van der Waals surface area contributed by atoms with E-state index in [1.807, 2.05) is 11.4 Å². The van der Waals surface area contributed by atoms with Crippen LogP contribution in [-0.4, -0.2) is 4.98 Å². The van der Waals surface area contributed by atoms with Gasteiger partial charge >= 0.3 is 0 Å². The van der Waals surface area contributed by atoms with Gasteiger partial charge in [0.1, 0.15) is 17.3 Å². The van der Waals surface area contributed by atoms with E-state index in [9.17, 15) is 4.39 Å². The van der Waals surface area contributed by atoms with Crippen molar-refractivity contribution in [2.75, 3.05) is 5.73 Å². The Morgan fingerprint density at radius 3 is 2.94 bits per heavy atom. The minimum absolute atomic E-state index is 0.110. The molecule has 0 fully saturated rings. The zero-order chi connectivity index (χ0) is 12.5. The Labute approximate surface area is 107 Å². The quantitative estimate of drug-likeness (QED) is 0.713. The van der Waals surface area contributed by atoms with Gasteiger partial charge in [0, 0.05) is 18.3 Å². The topological polar surface area (TPSA) is 48.1 Å². The van der Waals surface area contributed by atoms with E-state index in [-0.39, 0.29) is 5.69 Å². The van der Waals surface area contributed by atoms with Gasteiger partial charge in [-0.3, -0.25) is 4.98 Å². The Morgan fingerprint density at radius 1 is 1.22 bits per heavy atom. The molecule has 0 aliphatic heterocycles. The lowest BCUT2D eigenvalue weighted by atomic mass is 10.3. The van der Waals surface area contributed by atoms with Crippen LogP contribution in [0.5, 0.6) is 11.5 Å². The van der Waals surface area contributed by atoms with E-state index in [2.05, 4.69) is 4.98 Å². The highest BCUT2D eigenvalue weighted by molar-refractivity contribution is 7.17. The van der Waals surface area contributed by atoms with Gasteiger partial charge in [-0.25, -0.2) is 4.39 Å². The third kappa shape index (κ3) is 1.89. The monoisotopic (exact) mass is 260 g/mol. The molecule has 3 aromatic rings. The van der Waals surface area contributed by atoms with E-state index in [1.165, 1.54) is 23.5 Å². The number of halogens is 1. The zero-order valence-corrected chi connectivity index (χ0v) is 10.1. The molecule has 3 rings (SSSR count). The Morgan fingerprint density at radius 2 is 2.11 bits per heavy atom. The van der Waals surface area contributed by atoms with E-state index in [0.29, 0.717) is 11.5 Å². The summed E-state index contributed by atoms with van der Waals surface area (Å²) in [4.78, 5) is 4.21. The molecule has 0 aliphatic rings. The van der Waals surface area contributed by atoms with Gasteiger partial charge in [-0.2, -0.15) is 0 Å². The first-order valence-electron chi connectivity index (χ1n) is 5.29. The second kappa shape index (κ2) is 4.27. The van der Waals surface area contributed by atoms with Crippen molar-refractivity contribution < 1.29 is 9.13 Å². The summed E-state index contributed by atoms with van der Waals surface area (Å²) in [5, 5.41) is 1.94. The average molecular weight is 260 g/mol. The molecule has 0 saturated carbocycles. The van der Waals surface area contributed by atoms with Crippen LogP contribution < -0.4 is 10.5 Å². The number of rotatable bonds is 2. The molecule has 2 heterocycles. The fourth-order valence-electron chi connectivity index (χ4n) is 1.63. The van der Waals surface area contributed by atoms with Crippen molar-refractivity contribution in [3.8, 4) is 11.5 Å². The molecule has 18 heavy (non-hydrogen) atoms. The number of thiophene rings is 1. The fraction of sp³-hybridized carbons (Fsp3) is 0. The molecule has 0 radical (unpaired) electrons. The molecule has 90 valence electrons. The third-order valence-electron chi connectivity index (χ3n) is 2.51. The highest BCUT2D eigenvalue weighted by atomic mass is 32.1. The largest absolute Gasteiger partial charge is 0.456 e. The van der Waals surface area contributed by atoms with Gasteiger partial charge in [0.2, 0.25) is 0 Å². The maximum absolute atomic E-state index is 13.3. The van der Waals surface area contributed by atoms with Crippen LogP contribution in [0.2, 0.25) is 0 Å². The average Bonchev–Trinajstić information content (AvgIpc) is 2.83. The molecule has 0 spiro atoms. The SMILES string of the molecule is Nc1ccc(Oc2ccnc3ccsc23)cc1F. The first-order chi connectivity index (χ1) is 8.74. The number of nitrogens with two attached hydrogens (primary N) is 1. The molecule has 2 N–H and O–H groups in total.